The first-order chi connectivity index (χ1) is 6.45. The van der Waals surface area contributed by atoms with Gasteiger partial charge in [0.15, 0.2) is 17.7 Å². The lowest BCUT2D eigenvalue weighted by Gasteiger charge is -2.09. The van der Waals surface area contributed by atoms with Crippen molar-refractivity contribution in [1.29, 1.82) is 0 Å². The summed E-state index contributed by atoms with van der Waals surface area (Å²) in [7, 11) is 0. The summed E-state index contributed by atoms with van der Waals surface area (Å²) in [6.45, 7) is 1.42. The maximum absolute atomic E-state index is 13.1. The van der Waals surface area contributed by atoms with E-state index in [4.69, 9.17) is 10.2 Å². The Kier molecular flexibility index (Phi) is 2.71. The molecule has 0 aliphatic carbocycles. The Morgan fingerprint density at radius 1 is 1.50 bits per heavy atom. The van der Waals surface area contributed by atoms with Crippen LogP contribution in [0.5, 0.6) is 5.75 Å². The number of carboxylic acids is 1. The minimum atomic E-state index is -1.91. The zero-order chi connectivity index (χ0) is 10.9. The van der Waals surface area contributed by atoms with Crippen LogP contribution in [0, 0.1) is 12.7 Å². The van der Waals surface area contributed by atoms with E-state index in [1.807, 2.05) is 0 Å². The average Bonchev–Trinajstić information content (AvgIpc) is 2.13. The number of carbonyl (C=O) groups is 1. The molecular formula is C9H9FO4. The summed E-state index contributed by atoms with van der Waals surface area (Å²) < 4.78 is 13.1. The van der Waals surface area contributed by atoms with E-state index in [-0.39, 0.29) is 11.1 Å². The smallest absolute Gasteiger partial charge is 0.337 e. The van der Waals surface area contributed by atoms with Gasteiger partial charge in [-0.25, -0.2) is 9.18 Å². The van der Waals surface area contributed by atoms with Crippen LogP contribution in [0.15, 0.2) is 12.1 Å². The van der Waals surface area contributed by atoms with Gasteiger partial charge in [-0.15, -0.1) is 0 Å². The molecule has 1 atom stereocenters. The van der Waals surface area contributed by atoms with Crippen LogP contribution in [-0.2, 0) is 4.79 Å². The number of carboxylic acid groups (broad SMARTS) is 1. The van der Waals surface area contributed by atoms with Gasteiger partial charge in [-0.3, -0.25) is 0 Å². The molecule has 0 saturated carbocycles. The number of halogens is 1. The molecule has 1 unspecified atom stereocenters. The Balaban J connectivity index is 3.24. The largest absolute Gasteiger partial charge is 0.505 e. The second-order valence-corrected chi connectivity index (χ2v) is 2.88. The monoisotopic (exact) mass is 200 g/mol. The number of aryl methyl sites for hydroxylation is 1. The topological polar surface area (TPSA) is 77.8 Å². The molecule has 0 aliphatic heterocycles. The highest BCUT2D eigenvalue weighted by Gasteiger charge is 2.22. The van der Waals surface area contributed by atoms with Gasteiger partial charge >= 0.3 is 5.97 Å². The van der Waals surface area contributed by atoms with Crippen LogP contribution >= 0.6 is 0 Å². The second-order valence-electron chi connectivity index (χ2n) is 2.88. The molecule has 0 aliphatic rings. The molecule has 0 radical (unpaired) electrons. The Morgan fingerprint density at radius 2 is 2.07 bits per heavy atom. The zero-order valence-electron chi connectivity index (χ0n) is 7.36. The highest BCUT2D eigenvalue weighted by molar-refractivity contribution is 5.75. The van der Waals surface area contributed by atoms with Crippen molar-refractivity contribution in [2.75, 3.05) is 0 Å². The molecule has 76 valence electrons. The quantitative estimate of drug-likeness (QED) is 0.664. The Hall–Kier alpha value is -1.62. The predicted octanol–water partition coefficient (Wildman–Crippen LogP) is 0.958. The van der Waals surface area contributed by atoms with Gasteiger partial charge in [-0.05, 0) is 12.5 Å². The van der Waals surface area contributed by atoms with E-state index in [1.165, 1.54) is 19.1 Å². The lowest BCUT2D eigenvalue weighted by Crippen LogP contribution is -2.11. The fraction of sp³-hybridized carbons (Fsp3) is 0.222. The number of aromatic hydroxyl groups is 1. The molecule has 14 heavy (non-hydrogen) atoms. The molecule has 0 fully saturated rings. The summed E-state index contributed by atoms with van der Waals surface area (Å²) in [5.41, 5.74) is -0.163. The first-order valence-corrected chi connectivity index (χ1v) is 3.84. The zero-order valence-corrected chi connectivity index (χ0v) is 7.36. The highest BCUT2D eigenvalue weighted by Crippen LogP contribution is 2.28. The summed E-state index contributed by atoms with van der Waals surface area (Å²) in [6, 6.07) is 2.46. The van der Waals surface area contributed by atoms with Crippen molar-refractivity contribution >= 4 is 5.97 Å². The van der Waals surface area contributed by atoms with Crippen LogP contribution in [0.4, 0.5) is 4.39 Å². The van der Waals surface area contributed by atoms with E-state index in [1.54, 1.807) is 0 Å². The Bertz CT molecular complexity index is 375. The van der Waals surface area contributed by atoms with Gasteiger partial charge in [-0.2, -0.15) is 0 Å². The number of aliphatic carboxylic acids is 1. The third-order valence-corrected chi connectivity index (χ3v) is 1.87. The number of phenols is 1. The molecule has 0 bridgehead atoms. The lowest BCUT2D eigenvalue weighted by molar-refractivity contribution is -0.147. The van der Waals surface area contributed by atoms with E-state index in [2.05, 4.69) is 0 Å². The molecule has 1 aromatic rings. The summed E-state index contributed by atoms with van der Waals surface area (Å²) in [5.74, 6) is -3.27. The van der Waals surface area contributed by atoms with Gasteiger partial charge in [0.1, 0.15) is 0 Å². The average molecular weight is 200 g/mol. The van der Waals surface area contributed by atoms with Crippen LogP contribution < -0.4 is 0 Å². The lowest BCUT2D eigenvalue weighted by atomic mass is 10.1. The number of aliphatic hydroxyl groups is 1. The van der Waals surface area contributed by atoms with Crippen molar-refractivity contribution in [3.05, 3.63) is 29.1 Å². The Labute approximate surface area is 79.2 Å². The van der Waals surface area contributed by atoms with E-state index in [0.29, 0.717) is 0 Å². The summed E-state index contributed by atoms with van der Waals surface area (Å²) in [5, 5.41) is 26.7. The van der Waals surface area contributed by atoms with Crippen LogP contribution in [-0.4, -0.2) is 21.3 Å². The van der Waals surface area contributed by atoms with E-state index in [9.17, 15) is 14.3 Å². The molecule has 0 amide bonds. The van der Waals surface area contributed by atoms with E-state index >= 15 is 0 Å². The van der Waals surface area contributed by atoms with E-state index in [0.717, 1.165) is 0 Å². The predicted molar refractivity (Wildman–Crippen MR) is 45.4 cm³/mol. The molecule has 5 heteroatoms. The normalized spacial score (nSPS) is 12.5. The highest BCUT2D eigenvalue weighted by atomic mass is 19.1. The number of aliphatic hydroxyl groups excluding tert-OH is 1. The molecule has 0 aromatic heterocycles. The number of benzene rings is 1. The van der Waals surface area contributed by atoms with Crippen molar-refractivity contribution in [2.45, 2.75) is 13.0 Å². The van der Waals surface area contributed by atoms with Crippen molar-refractivity contribution in [1.82, 2.24) is 0 Å². The van der Waals surface area contributed by atoms with Crippen molar-refractivity contribution < 1.29 is 24.5 Å². The van der Waals surface area contributed by atoms with Crippen molar-refractivity contribution in [2.24, 2.45) is 0 Å². The first-order valence-electron chi connectivity index (χ1n) is 3.84. The molecule has 1 aromatic carbocycles. The fourth-order valence-corrected chi connectivity index (χ4v) is 1.03. The van der Waals surface area contributed by atoms with E-state index < -0.39 is 23.6 Å². The van der Waals surface area contributed by atoms with Crippen LogP contribution in [0.2, 0.25) is 0 Å². The first kappa shape index (κ1) is 10.5. The van der Waals surface area contributed by atoms with Crippen molar-refractivity contribution in [3.63, 3.8) is 0 Å². The number of hydrogen-bond donors (Lipinski definition) is 3. The molecule has 3 N–H and O–H groups in total. The third-order valence-electron chi connectivity index (χ3n) is 1.87. The van der Waals surface area contributed by atoms with Gasteiger partial charge in [0, 0.05) is 5.56 Å². The SMILES string of the molecule is Cc1ccc(C(O)C(=O)O)c(O)c1F. The number of hydrogen-bond acceptors (Lipinski definition) is 3. The molecular weight excluding hydrogens is 191 g/mol. The fourth-order valence-electron chi connectivity index (χ4n) is 1.03. The van der Waals surface area contributed by atoms with Gasteiger partial charge in [0.2, 0.25) is 0 Å². The van der Waals surface area contributed by atoms with Crippen LogP contribution in [0.1, 0.15) is 17.2 Å². The van der Waals surface area contributed by atoms with Gasteiger partial charge in [0.05, 0.1) is 0 Å². The third kappa shape index (κ3) is 1.67. The minimum absolute atomic E-state index is 0.184. The maximum Gasteiger partial charge on any atom is 0.337 e. The molecule has 0 spiro atoms. The molecule has 0 heterocycles. The molecule has 1 rings (SSSR count). The Morgan fingerprint density at radius 3 is 2.57 bits per heavy atom. The standard InChI is InChI=1S/C9H9FO4/c1-4-2-3-5(7(11)6(4)10)8(12)9(13)14/h2-3,8,11-12H,1H3,(H,13,14). The maximum atomic E-state index is 13.1. The summed E-state index contributed by atoms with van der Waals surface area (Å²) in [6.07, 6.45) is -1.91. The molecule has 4 nitrogen and oxygen atoms in total. The number of rotatable bonds is 2. The van der Waals surface area contributed by atoms with Gasteiger partial charge in [0.25, 0.3) is 0 Å². The van der Waals surface area contributed by atoms with Crippen LogP contribution in [0.25, 0.3) is 0 Å². The summed E-state index contributed by atoms with van der Waals surface area (Å²) in [4.78, 5) is 10.4. The van der Waals surface area contributed by atoms with Gasteiger partial charge < -0.3 is 15.3 Å². The minimum Gasteiger partial charge on any atom is -0.505 e. The van der Waals surface area contributed by atoms with Gasteiger partial charge in [-0.1, -0.05) is 12.1 Å². The van der Waals surface area contributed by atoms with Crippen molar-refractivity contribution in [3.8, 4) is 5.75 Å². The summed E-state index contributed by atoms with van der Waals surface area (Å²) >= 11 is 0. The molecule has 0 saturated heterocycles. The second kappa shape index (κ2) is 3.63. The van der Waals surface area contributed by atoms with Crippen LogP contribution in [0.3, 0.4) is 0 Å². The number of phenolic OH excluding ortho intramolecular Hbond substituents is 1.